The highest BCUT2D eigenvalue weighted by atomic mass is 16.6. The molecule has 0 heterocycles. The number of azo groups is 1. The van der Waals surface area contributed by atoms with Crippen LogP contribution in [-0.2, 0) is 0 Å². The first-order valence-electron chi connectivity index (χ1n) is 7.84. The van der Waals surface area contributed by atoms with Crippen molar-refractivity contribution in [1.82, 2.24) is 0 Å². The molecule has 0 saturated heterocycles. The van der Waals surface area contributed by atoms with Crippen LogP contribution in [0.2, 0.25) is 0 Å². The summed E-state index contributed by atoms with van der Waals surface area (Å²) in [5.41, 5.74) is 1.39. The Kier molecular flexibility index (Phi) is 5.17. The van der Waals surface area contributed by atoms with E-state index in [0.717, 1.165) is 0 Å². The highest BCUT2D eigenvalue weighted by molar-refractivity contribution is 5.86. The number of nitrogens with zero attached hydrogens (tertiary/aromatic N) is 4. The van der Waals surface area contributed by atoms with E-state index in [2.05, 4.69) is 15.2 Å². The predicted molar refractivity (Wildman–Crippen MR) is 101 cm³/mol. The maximum atomic E-state index is 11.0. The molecule has 2 N–H and O–H groups in total. The molecule has 3 aromatic carbocycles. The lowest BCUT2D eigenvalue weighted by atomic mass is 10.2. The summed E-state index contributed by atoms with van der Waals surface area (Å²) >= 11 is 0. The molecule has 0 radical (unpaired) electrons. The molecule has 8 nitrogen and oxygen atoms in total. The van der Waals surface area contributed by atoms with Crippen LogP contribution in [0.25, 0.3) is 0 Å². The Balaban J connectivity index is 1.85. The topological polar surface area (TPSA) is 121 Å². The number of nitro benzene ring substituents is 1. The van der Waals surface area contributed by atoms with Crippen LogP contribution >= 0.6 is 0 Å². The van der Waals surface area contributed by atoms with E-state index in [-0.39, 0.29) is 22.9 Å². The minimum Gasteiger partial charge on any atom is -0.508 e. The van der Waals surface area contributed by atoms with Crippen molar-refractivity contribution in [2.24, 2.45) is 15.2 Å². The smallest absolute Gasteiger partial charge is 0.296 e. The van der Waals surface area contributed by atoms with Gasteiger partial charge in [-0.2, -0.15) is 5.11 Å². The number of rotatable bonds is 5. The van der Waals surface area contributed by atoms with Crippen molar-refractivity contribution in [1.29, 1.82) is 0 Å². The highest BCUT2D eigenvalue weighted by Crippen LogP contribution is 2.29. The SMILES string of the molecule is O=[N+]([O-])c1ccccc1N=Nc1ccc(O)c(C=Nc2ccc(O)cc2)c1. The second-order valence-electron chi connectivity index (χ2n) is 5.46. The first-order valence-corrected chi connectivity index (χ1v) is 7.84. The third-order valence-electron chi connectivity index (χ3n) is 3.57. The van der Waals surface area contributed by atoms with Gasteiger partial charge in [0.2, 0.25) is 0 Å². The Labute approximate surface area is 153 Å². The maximum absolute atomic E-state index is 11.0. The van der Waals surface area contributed by atoms with Crippen LogP contribution in [0, 0.1) is 10.1 Å². The van der Waals surface area contributed by atoms with Gasteiger partial charge in [0.05, 0.1) is 16.3 Å². The summed E-state index contributed by atoms with van der Waals surface area (Å²) in [7, 11) is 0. The lowest BCUT2D eigenvalue weighted by molar-refractivity contribution is -0.384. The van der Waals surface area contributed by atoms with E-state index in [0.29, 0.717) is 16.9 Å². The van der Waals surface area contributed by atoms with Gasteiger partial charge in [0.25, 0.3) is 5.69 Å². The quantitative estimate of drug-likeness (QED) is 0.281. The van der Waals surface area contributed by atoms with E-state index in [1.165, 1.54) is 42.6 Å². The fourth-order valence-corrected chi connectivity index (χ4v) is 2.21. The van der Waals surface area contributed by atoms with Crippen LogP contribution < -0.4 is 0 Å². The minimum atomic E-state index is -0.527. The normalized spacial score (nSPS) is 11.3. The van der Waals surface area contributed by atoms with E-state index in [1.54, 1.807) is 30.3 Å². The molecule has 0 bridgehead atoms. The maximum Gasteiger partial charge on any atom is 0.296 e. The monoisotopic (exact) mass is 362 g/mol. The molecule has 0 atom stereocenters. The number of para-hydroxylation sites is 1. The zero-order valence-corrected chi connectivity index (χ0v) is 13.9. The Morgan fingerprint density at radius 1 is 0.889 bits per heavy atom. The van der Waals surface area contributed by atoms with E-state index < -0.39 is 4.92 Å². The fourth-order valence-electron chi connectivity index (χ4n) is 2.21. The van der Waals surface area contributed by atoms with Crippen molar-refractivity contribution >= 4 is 29.0 Å². The van der Waals surface area contributed by atoms with Gasteiger partial charge in [-0.15, -0.1) is 5.11 Å². The zero-order chi connectivity index (χ0) is 19.2. The van der Waals surface area contributed by atoms with Crippen molar-refractivity contribution < 1.29 is 15.1 Å². The first-order chi connectivity index (χ1) is 13.0. The summed E-state index contributed by atoms with van der Waals surface area (Å²) in [6, 6.07) is 16.8. The molecule has 134 valence electrons. The lowest BCUT2D eigenvalue weighted by Gasteiger charge is -2.01. The zero-order valence-electron chi connectivity index (χ0n) is 13.9. The van der Waals surface area contributed by atoms with Crippen LogP contribution in [0.1, 0.15) is 5.56 Å². The molecular weight excluding hydrogens is 348 g/mol. The number of phenols is 2. The third kappa shape index (κ3) is 4.51. The number of hydrogen-bond donors (Lipinski definition) is 2. The Hall–Kier alpha value is -4.07. The van der Waals surface area contributed by atoms with Crippen LogP contribution in [0.3, 0.4) is 0 Å². The van der Waals surface area contributed by atoms with Gasteiger partial charge in [0.1, 0.15) is 11.5 Å². The average molecular weight is 362 g/mol. The number of hydrogen-bond acceptors (Lipinski definition) is 7. The van der Waals surface area contributed by atoms with Crippen molar-refractivity contribution in [3.05, 3.63) is 82.4 Å². The van der Waals surface area contributed by atoms with Crippen molar-refractivity contribution in [3.63, 3.8) is 0 Å². The predicted octanol–water partition coefficient (Wildman–Crippen LogP) is 5.17. The van der Waals surface area contributed by atoms with Crippen LogP contribution in [-0.4, -0.2) is 21.4 Å². The molecule has 0 amide bonds. The van der Waals surface area contributed by atoms with Gasteiger partial charge in [-0.1, -0.05) is 12.1 Å². The Morgan fingerprint density at radius 2 is 1.59 bits per heavy atom. The van der Waals surface area contributed by atoms with Gasteiger partial charge < -0.3 is 10.2 Å². The minimum absolute atomic E-state index is 0.00201. The molecule has 0 aliphatic carbocycles. The molecule has 27 heavy (non-hydrogen) atoms. The van der Waals surface area contributed by atoms with E-state index in [9.17, 15) is 20.3 Å². The molecule has 3 aromatic rings. The van der Waals surface area contributed by atoms with Crippen LogP contribution in [0.5, 0.6) is 11.5 Å². The fraction of sp³-hybridized carbons (Fsp3) is 0. The van der Waals surface area contributed by atoms with E-state index >= 15 is 0 Å². The summed E-state index contributed by atoms with van der Waals surface area (Å²) < 4.78 is 0. The molecular formula is C19H14N4O4. The van der Waals surface area contributed by atoms with E-state index in [1.807, 2.05) is 0 Å². The lowest BCUT2D eigenvalue weighted by Crippen LogP contribution is -1.87. The summed E-state index contributed by atoms with van der Waals surface area (Å²) in [5, 5.41) is 38.2. The molecule has 0 saturated carbocycles. The summed E-state index contributed by atoms with van der Waals surface area (Å²) in [6.07, 6.45) is 1.45. The summed E-state index contributed by atoms with van der Waals surface area (Å²) in [6.45, 7) is 0. The van der Waals surface area contributed by atoms with Gasteiger partial charge in [0.15, 0.2) is 5.69 Å². The second kappa shape index (κ2) is 7.87. The number of benzene rings is 3. The van der Waals surface area contributed by atoms with Gasteiger partial charge in [0, 0.05) is 17.8 Å². The largest absolute Gasteiger partial charge is 0.508 e. The van der Waals surface area contributed by atoms with Gasteiger partial charge in [-0.05, 0) is 48.5 Å². The first kappa shape index (κ1) is 17.7. The van der Waals surface area contributed by atoms with Crippen molar-refractivity contribution in [2.75, 3.05) is 0 Å². The number of nitro groups is 1. The van der Waals surface area contributed by atoms with Crippen molar-refractivity contribution in [3.8, 4) is 11.5 Å². The molecule has 8 heteroatoms. The average Bonchev–Trinajstić information content (AvgIpc) is 2.67. The van der Waals surface area contributed by atoms with E-state index in [4.69, 9.17) is 0 Å². The highest BCUT2D eigenvalue weighted by Gasteiger charge is 2.11. The molecule has 0 aromatic heterocycles. The standard InChI is InChI=1S/C19H14N4O4/c24-16-8-5-14(6-9-16)20-12-13-11-15(7-10-19(13)25)21-22-17-3-1-2-4-18(17)23(26)27/h1-12,24-25H. The third-order valence-corrected chi connectivity index (χ3v) is 3.57. The Bertz CT molecular complexity index is 1030. The van der Waals surface area contributed by atoms with Crippen molar-refractivity contribution in [2.45, 2.75) is 0 Å². The molecule has 0 aliphatic rings. The Morgan fingerprint density at radius 3 is 2.33 bits per heavy atom. The molecule has 0 aliphatic heterocycles. The second-order valence-corrected chi connectivity index (χ2v) is 5.46. The number of aromatic hydroxyl groups is 2. The number of phenolic OH excluding ortho intramolecular Hbond substituents is 2. The van der Waals surface area contributed by atoms with Crippen LogP contribution in [0.15, 0.2) is 82.0 Å². The van der Waals surface area contributed by atoms with Gasteiger partial charge >= 0.3 is 0 Å². The number of aliphatic imine (C=N–C) groups is 1. The summed E-state index contributed by atoms with van der Waals surface area (Å²) in [4.78, 5) is 14.7. The summed E-state index contributed by atoms with van der Waals surface area (Å²) in [5.74, 6) is 0.136. The molecule has 0 spiro atoms. The van der Waals surface area contributed by atoms with Gasteiger partial charge in [-0.25, -0.2) is 0 Å². The molecule has 3 rings (SSSR count). The van der Waals surface area contributed by atoms with Crippen LogP contribution in [0.4, 0.5) is 22.7 Å². The van der Waals surface area contributed by atoms with Gasteiger partial charge in [-0.3, -0.25) is 15.1 Å². The molecule has 0 unspecified atom stereocenters. The molecule has 0 fully saturated rings.